The van der Waals surface area contributed by atoms with Gasteiger partial charge in [-0.1, -0.05) is 30.3 Å². The van der Waals surface area contributed by atoms with E-state index in [2.05, 4.69) is 5.10 Å². The highest BCUT2D eigenvalue weighted by atomic mass is 16.3. The number of hydrogen-bond donors (Lipinski definition) is 0. The summed E-state index contributed by atoms with van der Waals surface area (Å²) in [6.45, 7) is 1.79. The molecule has 29 heavy (non-hydrogen) atoms. The van der Waals surface area contributed by atoms with Crippen LogP contribution in [0, 0.1) is 5.41 Å². The van der Waals surface area contributed by atoms with Crippen LogP contribution < -0.4 is 11.1 Å². The van der Waals surface area contributed by atoms with Gasteiger partial charge in [-0.25, -0.2) is 4.68 Å². The van der Waals surface area contributed by atoms with Gasteiger partial charge in [0.05, 0.1) is 12.8 Å². The Balaban J connectivity index is 1.41. The zero-order valence-electron chi connectivity index (χ0n) is 15.8. The second kappa shape index (κ2) is 6.58. The van der Waals surface area contributed by atoms with Crippen LogP contribution in [-0.4, -0.2) is 38.2 Å². The van der Waals surface area contributed by atoms with E-state index in [1.165, 1.54) is 15.5 Å². The van der Waals surface area contributed by atoms with Crippen molar-refractivity contribution in [2.24, 2.45) is 5.41 Å². The fraction of sp³-hybridized carbons (Fsp3) is 0.333. The van der Waals surface area contributed by atoms with Gasteiger partial charge >= 0.3 is 11.1 Å². The van der Waals surface area contributed by atoms with E-state index >= 15 is 0 Å². The molecule has 1 spiro atoms. The summed E-state index contributed by atoms with van der Waals surface area (Å²) in [4.78, 5) is 39.6. The van der Waals surface area contributed by atoms with Crippen LogP contribution in [0.5, 0.6) is 0 Å². The largest absolute Gasteiger partial charge is 0.459 e. The van der Waals surface area contributed by atoms with E-state index in [0.717, 1.165) is 12.0 Å². The molecule has 1 atom stereocenters. The van der Waals surface area contributed by atoms with Gasteiger partial charge in [0, 0.05) is 31.5 Å². The smallest absolute Gasteiger partial charge is 0.332 e. The average molecular weight is 392 g/mol. The lowest BCUT2D eigenvalue weighted by Gasteiger charge is -2.22. The minimum atomic E-state index is -0.615. The predicted molar refractivity (Wildman–Crippen MR) is 104 cm³/mol. The van der Waals surface area contributed by atoms with E-state index < -0.39 is 11.1 Å². The topological polar surface area (TPSA) is 90.3 Å². The third-order valence-corrected chi connectivity index (χ3v) is 5.87. The molecule has 2 aromatic heterocycles. The Morgan fingerprint density at radius 2 is 1.90 bits per heavy atom. The van der Waals surface area contributed by atoms with E-state index in [1.807, 2.05) is 30.3 Å². The molecule has 1 fully saturated rings. The van der Waals surface area contributed by atoms with Gasteiger partial charge in [-0.05, 0) is 24.1 Å². The maximum Gasteiger partial charge on any atom is 0.332 e. The molecule has 8 heteroatoms. The van der Waals surface area contributed by atoms with Gasteiger partial charge in [-0.15, -0.1) is 0 Å². The molecule has 5 rings (SSSR count). The molecular weight excluding hydrogens is 372 g/mol. The molecule has 0 radical (unpaired) electrons. The van der Waals surface area contributed by atoms with Crippen LogP contribution in [0.15, 0.2) is 62.7 Å². The van der Waals surface area contributed by atoms with Gasteiger partial charge in [-0.3, -0.25) is 19.0 Å². The molecule has 2 aliphatic rings. The standard InChI is InChI=1S/C21H20N4O4/c26-18(16-7-4-10-29-16)23-9-8-21(13-23)11-17-22-25(12-15-5-2-1-3-6-15)20(28)19(27)24(17)14-21/h1-7,10H,8-9,11-14H2/t21-/m0/s1. The van der Waals surface area contributed by atoms with Crippen LogP contribution in [0.25, 0.3) is 0 Å². The summed E-state index contributed by atoms with van der Waals surface area (Å²) in [5, 5.41) is 4.49. The average Bonchev–Trinajstić information content (AvgIpc) is 3.47. The summed E-state index contributed by atoms with van der Waals surface area (Å²) in [7, 11) is 0. The molecular formula is C21H20N4O4. The lowest BCUT2D eigenvalue weighted by Crippen LogP contribution is -2.43. The van der Waals surface area contributed by atoms with Crippen LogP contribution in [0.1, 0.15) is 28.4 Å². The zero-order valence-corrected chi connectivity index (χ0v) is 15.8. The molecule has 1 amide bonds. The van der Waals surface area contributed by atoms with Crippen LogP contribution in [0.2, 0.25) is 0 Å². The van der Waals surface area contributed by atoms with Crippen molar-refractivity contribution in [3.05, 3.63) is 86.6 Å². The van der Waals surface area contributed by atoms with Gasteiger partial charge in [0.25, 0.3) is 5.91 Å². The number of carbonyl (C=O) groups excluding carboxylic acids is 1. The first-order chi connectivity index (χ1) is 14.0. The van der Waals surface area contributed by atoms with Gasteiger partial charge in [-0.2, -0.15) is 5.10 Å². The summed E-state index contributed by atoms with van der Waals surface area (Å²) in [6, 6.07) is 12.8. The van der Waals surface area contributed by atoms with Crippen molar-refractivity contribution in [2.45, 2.75) is 25.9 Å². The fourth-order valence-corrected chi connectivity index (χ4v) is 4.40. The maximum atomic E-state index is 12.7. The third kappa shape index (κ3) is 3.00. The van der Waals surface area contributed by atoms with Crippen LogP contribution in [0.4, 0.5) is 0 Å². The van der Waals surface area contributed by atoms with Crippen LogP contribution in [-0.2, 0) is 19.5 Å². The first-order valence-electron chi connectivity index (χ1n) is 9.62. The molecule has 0 aliphatic carbocycles. The summed E-state index contributed by atoms with van der Waals surface area (Å²) < 4.78 is 7.97. The number of benzene rings is 1. The maximum absolute atomic E-state index is 12.7. The Morgan fingerprint density at radius 3 is 2.66 bits per heavy atom. The van der Waals surface area contributed by atoms with E-state index in [-0.39, 0.29) is 17.9 Å². The highest BCUT2D eigenvalue weighted by Crippen LogP contribution is 2.39. The molecule has 2 aliphatic heterocycles. The molecule has 3 aromatic rings. The van der Waals surface area contributed by atoms with Gasteiger partial charge in [0.2, 0.25) is 0 Å². The summed E-state index contributed by atoms with van der Waals surface area (Å²) in [6.07, 6.45) is 2.81. The van der Waals surface area contributed by atoms with Crippen molar-refractivity contribution in [3.63, 3.8) is 0 Å². The summed E-state index contributed by atoms with van der Waals surface area (Å²) >= 11 is 0. The number of carbonyl (C=O) groups is 1. The van der Waals surface area contributed by atoms with E-state index in [1.54, 1.807) is 17.0 Å². The summed E-state index contributed by atoms with van der Waals surface area (Å²) in [5.74, 6) is 0.778. The number of amides is 1. The second-order valence-corrected chi connectivity index (χ2v) is 7.89. The second-order valence-electron chi connectivity index (χ2n) is 7.89. The number of furan rings is 1. The van der Waals surface area contributed by atoms with E-state index in [4.69, 9.17) is 4.42 Å². The Kier molecular flexibility index (Phi) is 4.01. The Hall–Kier alpha value is -3.42. The normalized spacial score (nSPS) is 20.3. The number of nitrogens with zero attached hydrogens (tertiary/aromatic N) is 4. The quantitative estimate of drug-likeness (QED) is 0.624. The SMILES string of the molecule is O=C(c1ccco1)N1CC[C@]2(Cc3nn(Cc4ccccc4)c(=O)c(=O)n3C2)C1. The number of likely N-dealkylation sites (tertiary alicyclic amines) is 1. The molecule has 4 heterocycles. The van der Waals surface area contributed by atoms with Crippen molar-refractivity contribution in [1.82, 2.24) is 19.2 Å². The molecule has 0 unspecified atom stereocenters. The van der Waals surface area contributed by atoms with Crippen LogP contribution in [0.3, 0.4) is 0 Å². The number of aromatic nitrogens is 3. The van der Waals surface area contributed by atoms with Gasteiger partial charge in [0.1, 0.15) is 5.82 Å². The monoisotopic (exact) mass is 392 g/mol. The molecule has 0 N–H and O–H groups in total. The van der Waals surface area contributed by atoms with Crippen molar-refractivity contribution >= 4 is 5.91 Å². The first-order valence-corrected chi connectivity index (χ1v) is 9.62. The van der Waals surface area contributed by atoms with Crippen molar-refractivity contribution in [1.29, 1.82) is 0 Å². The highest BCUT2D eigenvalue weighted by molar-refractivity contribution is 5.91. The van der Waals surface area contributed by atoms with Gasteiger partial charge < -0.3 is 9.32 Å². The molecule has 1 aromatic carbocycles. The van der Waals surface area contributed by atoms with Gasteiger partial charge in [0.15, 0.2) is 5.76 Å². The minimum Gasteiger partial charge on any atom is -0.459 e. The highest BCUT2D eigenvalue weighted by Gasteiger charge is 2.46. The van der Waals surface area contributed by atoms with Crippen molar-refractivity contribution in [2.75, 3.05) is 13.1 Å². The van der Waals surface area contributed by atoms with Crippen molar-refractivity contribution < 1.29 is 9.21 Å². The Morgan fingerprint density at radius 1 is 1.07 bits per heavy atom. The Labute approximate surface area is 166 Å². The molecule has 1 saturated heterocycles. The number of rotatable bonds is 3. The molecule has 8 nitrogen and oxygen atoms in total. The van der Waals surface area contributed by atoms with Crippen molar-refractivity contribution in [3.8, 4) is 0 Å². The molecule has 0 bridgehead atoms. The minimum absolute atomic E-state index is 0.146. The molecule has 148 valence electrons. The number of fused-ring (bicyclic) bond motifs is 1. The predicted octanol–water partition coefficient (Wildman–Crippen LogP) is 1.13. The first kappa shape index (κ1) is 17.7. The number of hydrogen-bond acceptors (Lipinski definition) is 5. The fourth-order valence-electron chi connectivity index (χ4n) is 4.40. The summed E-state index contributed by atoms with van der Waals surface area (Å²) in [5.41, 5.74) is -0.509. The van der Waals surface area contributed by atoms with E-state index in [0.29, 0.717) is 37.6 Å². The molecule has 0 saturated carbocycles. The Bertz CT molecular complexity index is 1180. The lowest BCUT2D eigenvalue weighted by atomic mass is 9.86. The van der Waals surface area contributed by atoms with Crippen LogP contribution >= 0.6 is 0 Å². The zero-order chi connectivity index (χ0) is 20.0. The third-order valence-electron chi connectivity index (χ3n) is 5.87. The lowest BCUT2D eigenvalue weighted by molar-refractivity contribution is 0.0740. The van der Waals surface area contributed by atoms with E-state index in [9.17, 15) is 14.4 Å².